The van der Waals surface area contributed by atoms with Crippen LogP contribution in [0.25, 0.3) is 5.57 Å². The van der Waals surface area contributed by atoms with E-state index in [-0.39, 0.29) is 29.1 Å². The molecule has 0 aromatic heterocycles. The summed E-state index contributed by atoms with van der Waals surface area (Å²) in [7, 11) is 0. The minimum Gasteiger partial charge on any atom is -0.511 e. The predicted molar refractivity (Wildman–Crippen MR) is 112 cm³/mol. The van der Waals surface area contributed by atoms with E-state index >= 15 is 0 Å². The van der Waals surface area contributed by atoms with Gasteiger partial charge in [0.1, 0.15) is 11.5 Å². The van der Waals surface area contributed by atoms with Gasteiger partial charge in [0.05, 0.1) is 5.57 Å². The summed E-state index contributed by atoms with van der Waals surface area (Å²) in [6.45, 7) is 2.02. The summed E-state index contributed by atoms with van der Waals surface area (Å²) < 4.78 is 20.6. The van der Waals surface area contributed by atoms with Gasteiger partial charge in [-0.3, -0.25) is 4.79 Å². The number of rotatable bonds is 4. The van der Waals surface area contributed by atoms with Crippen LogP contribution < -0.4 is 4.74 Å². The monoisotopic (exact) mass is 456 g/mol. The van der Waals surface area contributed by atoms with Crippen molar-refractivity contribution < 1.29 is 19.0 Å². The predicted octanol–water partition coefficient (Wildman–Crippen LogP) is 6.46. The number of benzene rings is 2. The number of carbonyl (C=O) groups is 1. The maximum atomic E-state index is 14.2. The molecule has 0 radical (unpaired) electrons. The zero-order valence-corrected chi connectivity index (χ0v) is 17.7. The van der Waals surface area contributed by atoms with Gasteiger partial charge in [-0.15, -0.1) is 0 Å². The molecule has 4 atom stereocenters. The molecule has 3 aliphatic carbocycles. The van der Waals surface area contributed by atoms with Crippen molar-refractivity contribution in [2.24, 2.45) is 23.7 Å². The molecule has 0 saturated heterocycles. The van der Waals surface area contributed by atoms with Crippen molar-refractivity contribution in [1.82, 2.24) is 0 Å². The maximum Gasteiger partial charge on any atom is 0.170 e. The highest BCUT2D eigenvalue weighted by atomic mass is 79.9. The van der Waals surface area contributed by atoms with Crippen molar-refractivity contribution in [3.8, 4) is 11.5 Å². The lowest BCUT2D eigenvalue weighted by Gasteiger charge is -2.23. The van der Waals surface area contributed by atoms with Gasteiger partial charge in [0.25, 0.3) is 0 Å². The van der Waals surface area contributed by atoms with Crippen LogP contribution in [0.3, 0.4) is 0 Å². The molecule has 0 spiro atoms. The zero-order valence-electron chi connectivity index (χ0n) is 16.1. The molecular weight excluding hydrogens is 435 g/mol. The lowest BCUT2D eigenvalue weighted by Crippen LogP contribution is -2.24. The number of allylic oxidation sites excluding steroid dienone is 2. The van der Waals surface area contributed by atoms with Gasteiger partial charge in [-0.05, 0) is 79.0 Å². The van der Waals surface area contributed by atoms with Crippen molar-refractivity contribution in [3.63, 3.8) is 0 Å². The minimum atomic E-state index is -0.467. The fraction of sp³-hybridized carbons (Fsp3) is 0.375. The van der Waals surface area contributed by atoms with Crippen molar-refractivity contribution >= 4 is 27.3 Å². The molecule has 2 fully saturated rings. The molecule has 5 rings (SSSR count). The molecule has 0 aliphatic heterocycles. The first-order valence-corrected chi connectivity index (χ1v) is 11.0. The van der Waals surface area contributed by atoms with Crippen LogP contribution in [0, 0.1) is 29.5 Å². The van der Waals surface area contributed by atoms with E-state index < -0.39 is 5.82 Å². The number of ketones is 1. The molecule has 3 aliphatic rings. The van der Waals surface area contributed by atoms with Crippen LogP contribution in [0.2, 0.25) is 0 Å². The third kappa shape index (κ3) is 2.93. The third-order valence-electron chi connectivity index (χ3n) is 6.89. The maximum absolute atomic E-state index is 14.2. The summed E-state index contributed by atoms with van der Waals surface area (Å²) in [5.41, 5.74) is 2.16. The van der Waals surface area contributed by atoms with E-state index in [1.165, 1.54) is 6.07 Å². The van der Waals surface area contributed by atoms with E-state index in [0.717, 1.165) is 36.8 Å². The molecule has 5 heteroatoms. The van der Waals surface area contributed by atoms with Crippen molar-refractivity contribution in [1.29, 1.82) is 0 Å². The number of hydrogen-bond acceptors (Lipinski definition) is 3. The highest BCUT2D eigenvalue weighted by Gasteiger charge is 2.57. The van der Waals surface area contributed by atoms with Gasteiger partial charge in [0, 0.05) is 16.3 Å². The molecule has 0 heterocycles. The zero-order chi connectivity index (χ0) is 20.3. The smallest absolute Gasteiger partial charge is 0.170 e. The molecule has 1 N–H and O–H groups in total. The Balaban J connectivity index is 1.54. The Morgan fingerprint density at radius 2 is 1.90 bits per heavy atom. The summed E-state index contributed by atoms with van der Waals surface area (Å²) >= 11 is 3.24. The van der Waals surface area contributed by atoms with Gasteiger partial charge in [-0.2, -0.15) is 0 Å². The van der Waals surface area contributed by atoms with E-state index in [9.17, 15) is 14.3 Å². The molecule has 150 valence electrons. The number of fused-ring (bicyclic) bond motifs is 5. The second-order valence-corrected chi connectivity index (χ2v) is 9.27. The average molecular weight is 457 g/mol. The Kier molecular flexibility index (Phi) is 4.54. The van der Waals surface area contributed by atoms with Crippen molar-refractivity contribution in [3.05, 3.63) is 63.6 Å². The lowest BCUT2D eigenvalue weighted by atomic mass is 9.80. The molecule has 2 saturated carbocycles. The van der Waals surface area contributed by atoms with Crippen molar-refractivity contribution in [2.45, 2.75) is 32.6 Å². The van der Waals surface area contributed by atoms with Gasteiger partial charge in [-0.1, -0.05) is 28.9 Å². The van der Waals surface area contributed by atoms with Crippen LogP contribution in [0.1, 0.15) is 37.3 Å². The first-order chi connectivity index (χ1) is 14.0. The van der Waals surface area contributed by atoms with Crippen LogP contribution in [0.4, 0.5) is 4.39 Å². The molecule has 29 heavy (non-hydrogen) atoms. The van der Waals surface area contributed by atoms with Crippen molar-refractivity contribution in [2.75, 3.05) is 0 Å². The quantitative estimate of drug-likeness (QED) is 0.574. The van der Waals surface area contributed by atoms with Crippen LogP contribution in [-0.2, 0) is 11.2 Å². The lowest BCUT2D eigenvalue weighted by molar-refractivity contribution is -0.118. The average Bonchev–Trinajstić information content (AvgIpc) is 3.38. The fourth-order valence-corrected chi connectivity index (χ4v) is 5.97. The van der Waals surface area contributed by atoms with Crippen LogP contribution in [0.15, 0.2) is 46.6 Å². The van der Waals surface area contributed by atoms with Crippen LogP contribution in [0.5, 0.6) is 11.5 Å². The third-order valence-corrected chi connectivity index (χ3v) is 7.38. The largest absolute Gasteiger partial charge is 0.511 e. The summed E-state index contributed by atoms with van der Waals surface area (Å²) in [6, 6.07) is 10.1. The van der Waals surface area contributed by atoms with E-state index in [2.05, 4.69) is 15.9 Å². The Hall–Kier alpha value is -2.14. The normalized spacial score (nSPS) is 27.6. The Labute approximate surface area is 177 Å². The number of Topliss-reactive ketones (excluding diaryl/α,β-unsaturated/α-hetero) is 1. The van der Waals surface area contributed by atoms with Gasteiger partial charge < -0.3 is 9.84 Å². The molecular formula is C24H22BrFO3. The number of hydrogen-bond donors (Lipinski definition) is 1. The molecule has 1 unspecified atom stereocenters. The second-order valence-electron chi connectivity index (χ2n) is 8.36. The standard InChI is InChI=1S/C24H22BrFO3/c1-2-12-5-7-16(29-19-8-6-15(25)10-18(19)26)11-17(12)22-23(27)20-13-3-4-14(9-13)21(20)24(22)28/h5-8,10-11,13-14,20-21,27H,2-4,9H2,1H3/t13-,14+,20?,21+/m0/s1. The number of aryl methyl sites for hydroxylation is 1. The molecule has 2 aromatic carbocycles. The molecule has 2 aromatic rings. The first kappa shape index (κ1) is 18.9. The van der Waals surface area contributed by atoms with E-state index in [0.29, 0.717) is 27.6 Å². The minimum absolute atomic E-state index is 0.0190. The van der Waals surface area contributed by atoms with Crippen LogP contribution in [-0.4, -0.2) is 10.9 Å². The highest BCUT2D eigenvalue weighted by Crippen LogP contribution is 2.60. The molecule has 0 amide bonds. The highest BCUT2D eigenvalue weighted by molar-refractivity contribution is 9.10. The van der Waals surface area contributed by atoms with Crippen LogP contribution >= 0.6 is 15.9 Å². The summed E-state index contributed by atoms with van der Waals surface area (Å²) in [5, 5.41) is 11.0. The van der Waals surface area contributed by atoms with Gasteiger partial charge in [0.2, 0.25) is 0 Å². The summed E-state index contributed by atoms with van der Waals surface area (Å²) in [4.78, 5) is 13.3. The summed E-state index contributed by atoms with van der Waals surface area (Å²) in [5.74, 6) is 1.17. The number of ether oxygens (including phenoxy) is 1. The number of halogens is 2. The van der Waals surface area contributed by atoms with Gasteiger partial charge >= 0.3 is 0 Å². The number of carbonyl (C=O) groups excluding carboxylic acids is 1. The Bertz CT molecular complexity index is 1040. The Morgan fingerprint density at radius 3 is 2.59 bits per heavy atom. The van der Waals surface area contributed by atoms with Gasteiger partial charge in [-0.25, -0.2) is 4.39 Å². The SMILES string of the molecule is CCc1ccc(Oc2ccc(Br)cc2F)cc1C1=C(O)C2[C@H]3CC[C@H](C3)[C@H]2C1=O. The van der Waals surface area contributed by atoms with E-state index in [4.69, 9.17) is 4.74 Å². The number of aliphatic hydroxyl groups excluding tert-OH is 1. The molecule has 3 nitrogen and oxygen atoms in total. The van der Waals surface area contributed by atoms with E-state index in [1.54, 1.807) is 24.3 Å². The van der Waals surface area contributed by atoms with Gasteiger partial charge in [0.15, 0.2) is 17.3 Å². The first-order valence-electron chi connectivity index (χ1n) is 10.2. The van der Waals surface area contributed by atoms with E-state index in [1.807, 2.05) is 13.0 Å². The summed E-state index contributed by atoms with van der Waals surface area (Å²) in [6.07, 6.45) is 3.98. The number of aliphatic hydroxyl groups is 1. The topological polar surface area (TPSA) is 46.5 Å². The molecule has 2 bridgehead atoms. The Morgan fingerprint density at radius 1 is 1.14 bits per heavy atom. The fourth-order valence-electron chi connectivity index (χ4n) is 5.64. The second kappa shape index (κ2) is 6.98.